The summed E-state index contributed by atoms with van der Waals surface area (Å²) in [6, 6.07) is 7.62. The highest BCUT2D eigenvalue weighted by atomic mass is 35.5. The molecule has 0 aromatic heterocycles. The van der Waals surface area contributed by atoms with Crippen molar-refractivity contribution < 1.29 is 9.90 Å². The second-order valence-electron chi connectivity index (χ2n) is 6.21. The van der Waals surface area contributed by atoms with Gasteiger partial charge < -0.3 is 5.11 Å². The highest BCUT2D eigenvalue weighted by molar-refractivity contribution is 6.30. The zero-order valence-electron chi connectivity index (χ0n) is 12.4. The summed E-state index contributed by atoms with van der Waals surface area (Å²) in [5.74, 6) is 0.130. The fourth-order valence-electron chi connectivity index (χ4n) is 2.45. The number of carbonyl (C=O) groups excluding carboxylic acids is 1. The molecule has 4 heteroatoms. The number of carbonyl (C=O) groups is 1. The molecule has 0 spiro atoms. The van der Waals surface area contributed by atoms with Gasteiger partial charge in [-0.3, -0.25) is 9.79 Å². The first-order valence-corrected chi connectivity index (χ1v) is 7.45. The van der Waals surface area contributed by atoms with E-state index in [4.69, 9.17) is 11.6 Å². The SMILES string of the molecule is CC1(C)CC(=O)C(C=NCCc2ccc(Cl)cc2)=C(O)C1. The predicted octanol–water partition coefficient (Wildman–Crippen LogP) is 4.15. The van der Waals surface area contributed by atoms with E-state index in [1.165, 1.54) is 6.21 Å². The highest BCUT2D eigenvalue weighted by Gasteiger charge is 2.32. The average molecular weight is 306 g/mol. The Morgan fingerprint density at radius 3 is 2.57 bits per heavy atom. The molecule has 0 atom stereocenters. The maximum absolute atomic E-state index is 12.0. The Bertz CT molecular complexity index is 585. The van der Waals surface area contributed by atoms with Crippen molar-refractivity contribution in [1.82, 2.24) is 0 Å². The first kappa shape index (κ1) is 15.8. The van der Waals surface area contributed by atoms with Crippen molar-refractivity contribution in [2.75, 3.05) is 6.54 Å². The lowest BCUT2D eigenvalue weighted by molar-refractivity contribution is -0.117. The van der Waals surface area contributed by atoms with Crippen molar-refractivity contribution in [3.8, 4) is 0 Å². The topological polar surface area (TPSA) is 49.7 Å². The van der Waals surface area contributed by atoms with Gasteiger partial charge in [-0.25, -0.2) is 0 Å². The Hall–Kier alpha value is -1.61. The van der Waals surface area contributed by atoms with Gasteiger partial charge in [-0.1, -0.05) is 37.6 Å². The first-order valence-electron chi connectivity index (χ1n) is 7.07. The predicted molar refractivity (Wildman–Crippen MR) is 86.2 cm³/mol. The summed E-state index contributed by atoms with van der Waals surface area (Å²) in [6.07, 6.45) is 3.27. The van der Waals surface area contributed by atoms with E-state index >= 15 is 0 Å². The van der Waals surface area contributed by atoms with Crippen molar-refractivity contribution in [2.24, 2.45) is 10.4 Å². The molecule has 0 saturated carbocycles. The van der Waals surface area contributed by atoms with Crippen molar-refractivity contribution in [3.05, 3.63) is 46.2 Å². The van der Waals surface area contributed by atoms with Gasteiger partial charge in [0, 0.05) is 30.6 Å². The highest BCUT2D eigenvalue weighted by Crippen LogP contribution is 2.35. The van der Waals surface area contributed by atoms with Crippen LogP contribution in [0, 0.1) is 5.41 Å². The van der Waals surface area contributed by atoms with Gasteiger partial charge in [-0.05, 0) is 29.5 Å². The third-order valence-corrected chi connectivity index (χ3v) is 3.81. The lowest BCUT2D eigenvalue weighted by Crippen LogP contribution is -2.26. The number of aliphatic hydroxyl groups excluding tert-OH is 1. The molecule has 0 radical (unpaired) electrons. The van der Waals surface area contributed by atoms with E-state index in [0.29, 0.717) is 30.0 Å². The van der Waals surface area contributed by atoms with E-state index in [0.717, 1.165) is 12.0 Å². The first-order chi connectivity index (χ1) is 9.87. The van der Waals surface area contributed by atoms with Crippen LogP contribution in [0.5, 0.6) is 0 Å². The van der Waals surface area contributed by atoms with Crippen molar-refractivity contribution in [2.45, 2.75) is 33.1 Å². The summed E-state index contributed by atoms with van der Waals surface area (Å²) < 4.78 is 0. The fourth-order valence-corrected chi connectivity index (χ4v) is 2.57. The molecular weight excluding hydrogens is 286 g/mol. The van der Waals surface area contributed by atoms with Crippen LogP contribution in [-0.4, -0.2) is 23.6 Å². The molecule has 0 fully saturated rings. The molecular formula is C17H20ClNO2. The molecule has 0 aliphatic heterocycles. The summed E-state index contributed by atoms with van der Waals surface area (Å²) in [5.41, 5.74) is 1.35. The lowest BCUT2D eigenvalue weighted by Gasteiger charge is -2.28. The Morgan fingerprint density at radius 1 is 1.29 bits per heavy atom. The summed E-state index contributed by atoms with van der Waals surface area (Å²) in [5, 5.41) is 10.7. The summed E-state index contributed by atoms with van der Waals surface area (Å²) in [4.78, 5) is 16.3. The number of halogens is 1. The third kappa shape index (κ3) is 4.43. The molecule has 2 rings (SSSR count). The molecule has 0 unspecified atom stereocenters. The van der Waals surface area contributed by atoms with Crippen LogP contribution in [0.25, 0.3) is 0 Å². The maximum Gasteiger partial charge on any atom is 0.168 e. The van der Waals surface area contributed by atoms with Crippen LogP contribution >= 0.6 is 11.6 Å². The van der Waals surface area contributed by atoms with E-state index in [-0.39, 0.29) is 17.0 Å². The molecule has 112 valence electrons. The number of allylic oxidation sites excluding steroid dienone is 2. The van der Waals surface area contributed by atoms with Crippen LogP contribution in [0.3, 0.4) is 0 Å². The van der Waals surface area contributed by atoms with Crippen molar-refractivity contribution in [3.63, 3.8) is 0 Å². The summed E-state index contributed by atoms with van der Waals surface area (Å²) >= 11 is 5.83. The molecule has 1 N–H and O–H groups in total. The van der Waals surface area contributed by atoms with Crippen LogP contribution < -0.4 is 0 Å². The largest absolute Gasteiger partial charge is 0.511 e. The van der Waals surface area contributed by atoms with Crippen LogP contribution in [0.4, 0.5) is 0 Å². The average Bonchev–Trinajstić information content (AvgIpc) is 2.38. The minimum Gasteiger partial charge on any atom is -0.511 e. The van der Waals surface area contributed by atoms with E-state index < -0.39 is 0 Å². The molecule has 1 aliphatic carbocycles. The number of Topliss-reactive ketones (excluding diaryl/α,β-unsaturated/α-hetero) is 1. The zero-order valence-corrected chi connectivity index (χ0v) is 13.2. The molecule has 1 aromatic carbocycles. The van der Waals surface area contributed by atoms with Gasteiger partial charge in [0.1, 0.15) is 5.76 Å². The fraction of sp³-hybridized carbons (Fsp3) is 0.412. The Labute approximate surface area is 130 Å². The van der Waals surface area contributed by atoms with Gasteiger partial charge in [0.2, 0.25) is 0 Å². The molecule has 0 saturated heterocycles. The Balaban J connectivity index is 1.95. The van der Waals surface area contributed by atoms with Gasteiger partial charge in [0.25, 0.3) is 0 Å². The minimum atomic E-state index is -0.165. The number of aliphatic hydroxyl groups is 1. The molecule has 1 aromatic rings. The lowest BCUT2D eigenvalue weighted by atomic mass is 9.77. The molecule has 0 heterocycles. The van der Waals surface area contributed by atoms with E-state index in [9.17, 15) is 9.90 Å². The normalized spacial score (nSPS) is 18.5. The third-order valence-electron chi connectivity index (χ3n) is 3.56. The second kappa shape index (κ2) is 6.44. The quantitative estimate of drug-likeness (QED) is 0.849. The van der Waals surface area contributed by atoms with Crippen LogP contribution in [-0.2, 0) is 11.2 Å². The molecule has 3 nitrogen and oxygen atoms in total. The van der Waals surface area contributed by atoms with Crippen molar-refractivity contribution >= 4 is 23.6 Å². The number of aliphatic imine (C=N–C) groups is 1. The van der Waals surface area contributed by atoms with Crippen molar-refractivity contribution in [1.29, 1.82) is 0 Å². The monoisotopic (exact) mass is 305 g/mol. The van der Waals surface area contributed by atoms with Gasteiger partial charge in [-0.2, -0.15) is 0 Å². The Kier molecular flexibility index (Phi) is 4.84. The molecule has 0 amide bonds. The van der Waals surface area contributed by atoms with Crippen LogP contribution in [0.15, 0.2) is 40.6 Å². The van der Waals surface area contributed by atoms with Gasteiger partial charge in [0.15, 0.2) is 5.78 Å². The number of hydrogen-bond donors (Lipinski definition) is 1. The smallest absolute Gasteiger partial charge is 0.168 e. The number of hydrogen-bond acceptors (Lipinski definition) is 3. The summed E-state index contributed by atoms with van der Waals surface area (Å²) in [6.45, 7) is 4.54. The molecule has 0 bridgehead atoms. The maximum atomic E-state index is 12.0. The van der Waals surface area contributed by atoms with Gasteiger partial charge in [0.05, 0.1) is 5.57 Å². The van der Waals surface area contributed by atoms with E-state index in [2.05, 4.69) is 4.99 Å². The minimum absolute atomic E-state index is 0.0287. The zero-order chi connectivity index (χ0) is 15.5. The van der Waals surface area contributed by atoms with Gasteiger partial charge in [-0.15, -0.1) is 0 Å². The summed E-state index contributed by atoms with van der Waals surface area (Å²) in [7, 11) is 0. The number of rotatable bonds is 4. The Morgan fingerprint density at radius 2 is 1.95 bits per heavy atom. The molecule has 1 aliphatic rings. The number of benzene rings is 1. The number of ketones is 1. The van der Waals surface area contributed by atoms with Crippen LogP contribution in [0.2, 0.25) is 5.02 Å². The second-order valence-corrected chi connectivity index (χ2v) is 6.65. The standard InChI is InChI=1S/C17H20ClNO2/c1-17(2)9-15(20)14(16(21)10-17)11-19-8-7-12-3-5-13(18)6-4-12/h3-6,11,20H,7-10H2,1-2H3. The van der Waals surface area contributed by atoms with Gasteiger partial charge >= 0.3 is 0 Å². The van der Waals surface area contributed by atoms with E-state index in [1.807, 2.05) is 38.1 Å². The number of nitrogens with zero attached hydrogens (tertiary/aromatic N) is 1. The van der Waals surface area contributed by atoms with Crippen LogP contribution in [0.1, 0.15) is 32.3 Å². The molecule has 21 heavy (non-hydrogen) atoms. The van der Waals surface area contributed by atoms with E-state index in [1.54, 1.807) is 0 Å².